The summed E-state index contributed by atoms with van der Waals surface area (Å²) < 4.78 is 5.38. The van der Waals surface area contributed by atoms with Gasteiger partial charge in [0.25, 0.3) is 0 Å². The van der Waals surface area contributed by atoms with Gasteiger partial charge in [-0.05, 0) is 54.7 Å². The zero-order chi connectivity index (χ0) is 17.3. The van der Waals surface area contributed by atoms with Crippen molar-refractivity contribution in [2.75, 3.05) is 32.8 Å². The summed E-state index contributed by atoms with van der Waals surface area (Å²) in [6, 6.07) is 6.70. The van der Waals surface area contributed by atoms with Gasteiger partial charge in [0.05, 0.1) is 18.6 Å². The van der Waals surface area contributed by atoms with Crippen LogP contribution in [0.1, 0.15) is 29.5 Å². The molecule has 2 fully saturated rings. The van der Waals surface area contributed by atoms with Gasteiger partial charge >= 0.3 is 0 Å². The Labute approximate surface area is 150 Å². The van der Waals surface area contributed by atoms with E-state index in [-0.39, 0.29) is 5.91 Å². The van der Waals surface area contributed by atoms with Gasteiger partial charge < -0.3 is 10.5 Å². The quantitative estimate of drug-likeness (QED) is 0.915. The molecule has 2 unspecified atom stereocenters. The lowest BCUT2D eigenvalue weighted by Gasteiger charge is -2.25. The molecular formula is C21H27N2O2. The van der Waals surface area contributed by atoms with Crippen LogP contribution in [0.4, 0.5) is 0 Å². The first-order chi connectivity index (χ1) is 12.1. The van der Waals surface area contributed by atoms with Crippen LogP contribution in [0.15, 0.2) is 24.3 Å². The number of ether oxygens (including phenoxy) is 1. The number of primary amides is 1. The zero-order valence-corrected chi connectivity index (χ0v) is 14.7. The highest BCUT2D eigenvalue weighted by Crippen LogP contribution is 2.47. The molecule has 1 aromatic carbocycles. The predicted molar refractivity (Wildman–Crippen MR) is 98.8 cm³/mol. The van der Waals surface area contributed by atoms with Gasteiger partial charge in [0.2, 0.25) is 5.91 Å². The van der Waals surface area contributed by atoms with E-state index < -0.39 is 5.41 Å². The summed E-state index contributed by atoms with van der Waals surface area (Å²) in [6.07, 6.45) is 10.5. The fourth-order valence-corrected chi connectivity index (χ4v) is 4.52. The largest absolute Gasteiger partial charge is 0.379 e. The molecule has 1 amide bonds. The Morgan fingerprint density at radius 3 is 2.96 bits per heavy atom. The maximum absolute atomic E-state index is 12.1. The van der Waals surface area contributed by atoms with Crippen LogP contribution in [0.2, 0.25) is 0 Å². The molecule has 2 N–H and O–H groups in total. The first-order valence-corrected chi connectivity index (χ1v) is 9.39. The highest BCUT2D eigenvalue weighted by atomic mass is 16.5. The molecule has 25 heavy (non-hydrogen) atoms. The summed E-state index contributed by atoms with van der Waals surface area (Å²) in [5.41, 5.74) is 9.24. The molecule has 2 bridgehead atoms. The number of benzene rings is 1. The van der Waals surface area contributed by atoms with Gasteiger partial charge in [-0.15, -0.1) is 0 Å². The Bertz CT molecular complexity index is 678. The van der Waals surface area contributed by atoms with E-state index in [1.807, 2.05) is 0 Å². The summed E-state index contributed by atoms with van der Waals surface area (Å²) in [4.78, 5) is 14.5. The first kappa shape index (κ1) is 16.8. The standard InChI is InChI=1S/C21H27N2O2/c22-20(24)21-6-5-17(14-21)13-18-4-3-16(12-19(18)15-21)2-1-7-23-8-10-25-11-9-23/h1-4,12,14,17H,5-11,13,15H2,(H2,22,24). The molecule has 1 aliphatic heterocycles. The summed E-state index contributed by atoms with van der Waals surface area (Å²) >= 11 is 0. The number of morpholine rings is 1. The van der Waals surface area contributed by atoms with E-state index >= 15 is 0 Å². The van der Waals surface area contributed by atoms with Crippen LogP contribution in [0.25, 0.3) is 6.08 Å². The molecule has 2 aliphatic carbocycles. The van der Waals surface area contributed by atoms with Gasteiger partial charge in [0.1, 0.15) is 0 Å². The maximum atomic E-state index is 12.1. The normalized spacial score (nSPS) is 29.5. The SMILES string of the molecule is NC(=O)C12[CH]C(CC1)Cc1ccc(C=CCN3CCOCC3)cc1C2. The third kappa shape index (κ3) is 3.51. The van der Waals surface area contributed by atoms with Crippen molar-refractivity contribution in [3.8, 4) is 0 Å². The third-order valence-electron chi connectivity index (χ3n) is 6.00. The fraction of sp³-hybridized carbons (Fsp3) is 0.524. The molecule has 0 aromatic heterocycles. The minimum atomic E-state index is -0.425. The summed E-state index contributed by atoms with van der Waals surface area (Å²) in [6.45, 7) is 4.64. The van der Waals surface area contributed by atoms with Crippen LogP contribution in [0.5, 0.6) is 0 Å². The summed E-state index contributed by atoms with van der Waals surface area (Å²) in [5.74, 6) is 0.340. The van der Waals surface area contributed by atoms with Crippen molar-refractivity contribution in [3.63, 3.8) is 0 Å². The highest BCUT2D eigenvalue weighted by Gasteiger charge is 2.46. The molecule has 4 rings (SSSR count). The number of rotatable bonds is 4. The van der Waals surface area contributed by atoms with Crippen molar-refractivity contribution in [1.29, 1.82) is 0 Å². The van der Waals surface area contributed by atoms with Gasteiger partial charge in [-0.2, -0.15) is 0 Å². The number of carbonyl (C=O) groups excluding carboxylic acids is 1. The smallest absolute Gasteiger partial charge is 0.224 e. The molecule has 4 nitrogen and oxygen atoms in total. The average Bonchev–Trinajstić information content (AvgIpc) is 2.93. The van der Waals surface area contributed by atoms with Crippen LogP contribution in [0, 0.1) is 17.8 Å². The minimum absolute atomic E-state index is 0.156. The Morgan fingerprint density at radius 1 is 1.32 bits per heavy atom. The van der Waals surface area contributed by atoms with Crippen molar-refractivity contribution in [2.45, 2.75) is 25.7 Å². The second kappa shape index (κ2) is 6.93. The molecule has 1 saturated heterocycles. The molecule has 1 aromatic rings. The van der Waals surface area contributed by atoms with Gasteiger partial charge in [-0.3, -0.25) is 9.69 Å². The van der Waals surface area contributed by atoms with E-state index in [0.717, 1.165) is 58.5 Å². The Hall–Kier alpha value is -1.65. The molecule has 3 aliphatic rings. The molecule has 1 heterocycles. The van der Waals surface area contributed by atoms with Crippen molar-refractivity contribution < 1.29 is 9.53 Å². The second-order valence-electron chi connectivity index (χ2n) is 7.71. The zero-order valence-electron chi connectivity index (χ0n) is 14.7. The number of fused-ring (bicyclic) bond motifs is 3. The second-order valence-corrected chi connectivity index (χ2v) is 7.71. The van der Waals surface area contributed by atoms with Gasteiger partial charge in [-0.1, -0.05) is 30.4 Å². The van der Waals surface area contributed by atoms with E-state index in [9.17, 15) is 4.79 Å². The van der Waals surface area contributed by atoms with Crippen LogP contribution in [0.3, 0.4) is 0 Å². The number of hydrogen-bond donors (Lipinski definition) is 1. The lowest BCUT2D eigenvalue weighted by Crippen LogP contribution is -2.37. The molecule has 0 spiro atoms. The monoisotopic (exact) mass is 339 g/mol. The number of hydrogen-bond acceptors (Lipinski definition) is 3. The van der Waals surface area contributed by atoms with Crippen LogP contribution in [-0.2, 0) is 22.4 Å². The molecule has 1 radical (unpaired) electrons. The lowest BCUT2D eigenvalue weighted by molar-refractivity contribution is -0.125. The number of nitrogens with zero attached hydrogens (tertiary/aromatic N) is 1. The van der Waals surface area contributed by atoms with Crippen LogP contribution < -0.4 is 5.73 Å². The van der Waals surface area contributed by atoms with Crippen molar-refractivity contribution in [3.05, 3.63) is 47.4 Å². The maximum Gasteiger partial charge on any atom is 0.224 e. The van der Waals surface area contributed by atoms with E-state index in [4.69, 9.17) is 10.5 Å². The molecule has 1 saturated carbocycles. The average molecular weight is 339 g/mol. The number of amides is 1. The topological polar surface area (TPSA) is 55.6 Å². The Morgan fingerprint density at radius 2 is 2.16 bits per heavy atom. The van der Waals surface area contributed by atoms with E-state index in [0.29, 0.717) is 5.92 Å². The Kier molecular flexibility index (Phi) is 4.65. The third-order valence-corrected chi connectivity index (χ3v) is 6.00. The molecule has 133 valence electrons. The van der Waals surface area contributed by atoms with Crippen molar-refractivity contribution in [2.24, 2.45) is 17.1 Å². The van der Waals surface area contributed by atoms with Crippen LogP contribution in [-0.4, -0.2) is 43.7 Å². The van der Waals surface area contributed by atoms with Gasteiger partial charge in [0.15, 0.2) is 0 Å². The number of nitrogens with two attached hydrogens (primary N) is 1. The summed E-state index contributed by atoms with van der Waals surface area (Å²) in [5, 5.41) is 0. The van der Waals surface area contributed by atoms with Gasteiger partial charge in [0, 0.05) is 19.6 Å². The van der Waals surface area contributed by atoms with E-state index in [1.165, 1.54) is 16.7 Å². The highest BCUT2D eigenvalue weighted by molar-refractivity contribution is 5.83. The Balaban J connectivity index is 1.49. The fourth-order valence-electron chi connectivity index (χ4n) is 4.52. The molecular weight excluding hydrogens is 312 g/mol. The predicted octanol–water partition coefficient (Wildman–Crippen LogP) is 2.22. The minimum Gasteiger partial charge on any atom is -0.379 e. The first-order valence-electron chi connectivity index (χ1n) is 9.39. The molecule has 2 atom stereocenters. The summed E-state index contributed by atoms with van der Waals surface area (Å²) in [7, 11) is 0. The molecule has 4 heteroatoms. The van der Waals surface area contributed by atoms with E-state index in [2.05, 4.69) is 41.7 Å². The van der Waals surface area contributed by atoms with Crippen molar-refractivity contribution in [1.82, 2.24) is 4.90 Å². The van der Waals surface area contributed by atoms with Crippen LogP contribution >= 0.6 is 0 Å². The van der Waals surface area contributed by atoms with E-state index in [1.54, 1.807) is 0 Å². The number of carbonyl (C=O) groups is 1. The van der Waals surface area contributed by atoms with Gasteiger partial charge in [-0.25, -0.2) is 0 Å². The van der Waals surface area contributed by atoms with Crippen molar-refractivity contribution >= 4 is 12.0 Å². The lowest BCUT2D eigenvalue weighted by atomic mass is 9.79.